The molecule has 0 aromatic rings. The van der Waals surface area contributed by atoms with Crippen molar-refractivity contribution < 1.29 is 14.2 Å². The lowest BCUT2D eigenvalue weighted by Crippen LogP contribution is -2.48. The van der Waals surface area contributed by atoms with Crippen LogP contribution in [0.4, 0.5) is 0 Å². The quantitative estimate of drug-likeness (QED) is 0.377. The summed E-state index contributed by atoms with van der Waals surface area (Å²) in [5.74, 6) is -0.476. The van der Waals surface area contributed by atoms with Gasteiger partial charge in [-0.05, 0) is 25.5 Å². The van der Waals surface area contributed by atoms with Gasteiger partial charge in [-0.2, -0.15) is 0 Å². The Bertz CT molecular complexity index is 300. The highest BCUT2D eigenvalue weighted by atomic mass is 79.9. The van der Waals surface area contributed by atoms with E-state index >= 15 is 0 Å². The van der Waals surface area contributed by atoms with Crippen LogP contribution in [0.25, 0.3) is 0 Å². The highest BCUT2D eigenvalue weighted by Crippen LogP contribution is 2.43. The number of alkyl halides is 1. The van der Waals surface area contributed by atoms with Crippen LogP contribution in [0.2, 0.25) is 0 Å². The zero-order chi connectivity index (χ0) is 9.92. The first kappa shape index (κ1) is 9.33. The van der Waals surface area contributed by atoms with E-state index in [9.17, 15) is 0 Å². The van der Waals surface area contributed by atoms with Crippen molar-refractivity contribution in [2.45, 2.75) is 42.8 Å². The standard InChI is InChI=1S/C10H13BrO3/c1-10(2)12-4-5-3-6-9(13-6)7(11)8(5)14-10/h3,6-9H,4H2,1-2H3/t6-,7+,8-,9-/m0/s1. The molecule has 2 aliphatic heterocycles. The molecule has 4 heteroatoms. The van der Waals surface area contributed by atoms with E-state index in [1.165, 1.54) is 5.57 Å². The fraction of sp³-hybridized carbons (Fsp3) is 0.800. The van der Waals surface area contributed by atoms with Crippen LogP contribution >= 0.6 is 15.9 Å². The first-order valence-corrected chi connectivity index (χ1v) is 5.80. The fourth-order valence-corrected chi connectivity index (χ4v) is 2.95. The van der Waals surface area contributed by atoms with E-state index in [-0.39, 0.29) is 10.9 Å². The Labute approximate surface area is 91.5 Å². The first-order valence-electron chi connectivity index (χ1n) is 4.89. The fourth-order valence-electron chi connectivity index (χ4n) is 2.08. The molecule has 14 heavy (non-hydrogen) atoms. The van der Waals surface area contributed by atoms with Gasteiger partial charge in [0, 0.05) is 0 Å². The third-order valence-electron chi connectivity index (χ3n) is 2.91. The van der Waals surface area contributed by atoms with E-state index < -0.39 is 5.79 Å². The summed E-state index contributed by atoms with van der Waals surface area (Å²) in [4.78, 5) is 0.274. The van der Waals surface area contributed by atoms with E-state index in [1.807, 2.05) is 13.8 Å². The molecular formula is C10H13BrO3. The third-order valence-corrected chi connectivity index (χ3v) is 3.91. The van der Waals surface area contributed by atoms with Gasteiger partial charge in [-0.25, -0.2) is 0 Å². The smallest absolute Gasteiger partial charge is 0.164 e. The highest BCUT2D eigenvalue weighted by Gasteiger charge is 2.53. The largest absolute Gasteiger partial charge is 0.364 e. The summed E-state index contributed by atoms with van der Waals surface area (Å²) in [6.45, 7) is 4.55. The molecule has 2 saturated heterocycles. The second-order valence-electron chi connectivity index (χ2n) is 4.48. The Morgan fingerprint density at radius 3 is 3.07 bits per heavy atom. The molecule has 2 heterocycles. The molecule has 0 amide bonds. The lowest BCUT2D eigenvalue weighted by atomic mass is 9.95. The van der Waals surface area contributed by atoms with Crippen molar-refractivity contribution >= 4 is 15.9 Å². The molecule has 0 N–H and O–H groups in total. The van der Waals surface area contributed by atoms with Gasteiger partial charge < -0.3 is 14.2 Å². The van der Waals surface area contributed by atoms with Crippen LogP contribution in [0.1, 0.15) is 13.8 Å². The Kier molecular flexibility index (Phi) is 1.88. The van der Waals surface area contributed by atoms with Crippen molar-refractivity contribution in [2.24, 2.45) is 0 Å². The molecule has 4 atom stereocenters. The van der Waals surface area contributed by atoms with Gasteiger partial charge in [0.2, 0.25) is 0 Å². The van der Waals surface area contributed by atoms with Gasteiger partial charge in [0.05, 0.1) is 17.5 Å². The van der Waals surface area contributed by atoms with Crippen molar-refractivity contribution in [1.82, 2.24) is 0 Å². The molecule has 2 fully saturated rings. The number of halogens is 1. The number of fused-ring (bicyclic) bond motifs is 2. The Morgan fingerprint density at radius 2 is 2.29 bits per heavy atom. The van der Waals surface area contributed by atoms with E-state index in [2.05, 4.69) is 22.0 Å². The van der Waals surface area contributed by atoms with Gasteiger partial charge in [0.15, 0.2) is 5.79 Å². The van der Waals surface area contributed by atoms with E-state index in [0.717, 1.165) is 0 Å². The van der Waals surface area contributed by atoms with Crippen LogP contribution in [0, 0.1) is 0 Å². The monoisotopic (exact) mass is 260 g/mol. The lowest BCUT2D eigenvalue weighted by molar-refractivity contribution is -0.252. The number of ether oxygens (including phenoxy) is 3. The van der Waals surface area contributed by atoms with Crippen LogP contribution in [-0.2, 0) is 14.2 Å². The maximum absolute atomic E-state index is 5.87. The maximum Gasteiger partial charge on any atom is 0.164 e. The molecule has 78 valence electrons. The molecule has 3 aliphatic rings. The Hall–Kier alpha value is 0.1000. The molecular weight excluding hydrogens is 248 g/mol. The lowest BCUT2D eigenvalue weighted by Gasteiger charge is -2.40. The zero-order valence-electron chi connectivity index (χ0n) is 8.20. The van der Waals surface area contributed by atoms with Crippen LogP contribution in [0.3, 0.4) is 0 Å². The summed E-state index contributed by atoms with van der Waals surface area (Å²) < 4.78 is 16.9. The third kappa shape index (κ3) is 1.36. The minimum atomic E-state index is -0.476. The van der Waals surface area contributed by atoms with Crippen molar-refractivity contribution in [3.8, 4) is 0 Å². The summed E-state index contributed by atoms with van der Waals surface area (Å²) >= 11 is 3.64. The summed E-state index contributed by atoms with van der Waals surface area (Å²) in [6, 6.07) is 0. The topological polar surface area (TPSA) is 31.0 Å². The predicted octanol–water partition coefficient (Wildman–Crippen LogP) is 1.61. The molecule has 3 nitrogen and oxygen atoms in total. The highest BCUT2D eigenvalue weighted by molar-refractivity contribution is 9.09. The summed E-state index contributed by atoms with van der Waals surface area (Å²) in [6.07, 6.45) is 2.85. The van der Waals surface area contributed by atoms with E-state index in [0.29, 0.717) is 18.8 Å². The Morgan fingerprint density at radius 1 is 1.50 bits per heavy atom. The number of epoxide rings is 1. The first-order chi connectivity index (χ1) is 6.57. The molecule has 0 radical (unpaired) electrons. The summed E-state index contributed by atoms with van der Waals surface area (Å²) in [5, 5.41) is 0. The van der Waals surface area contributed by atoms with E-state index in [4.69, 9.17) is 14.2 Å². The zero-order valence-corrected chi connectivity index (χ0v) is 9.78. The molecule has 1 aliphatic carbocycles. The molecule has 0 unspecified atom stereocenters. The summed E-state index contributed by atoms with van der Waals surface area (Å²) in [5.41, 5.74) is 1.21. The molecule has 0 saturated carbocycles. The van der Waals surface area contributed by atoms with Crippen molar-refractivity contribution in [1.29, 1.82) is 0 Å². The van der Waals surface area contributed by atoms with Gasteiger partial charge in [-0.1, -0.05) is 15.9 Å². The summed E-state index contributed by atoms with van der Waals surface area (Å²) in [7, 11) is 0. The molecule has 0 spiro atoms. The minimum Gasteiger partial charge on any atom is -0.364 e. The maximum atomic E-state index is 5.87. The average molecular weight is 261 g/mol. The molecule has 0 bridgehead atoms. The minimum absolute atomic E-state index is 0.113. The van der Waals surface area contributed by atoms with Crippen molar-refractivity contribution in [2.75, 3.05) is 6.61 Å². The van der Waals surface area contributed by atoms with Crippen LogP contribution in [-0.4, -0.2) is 35.5 Å². The van der Waals surface area contributed by atoms with Gasteiger partial charge in [-0.15, -0.1) is 0 Å². The van der Waals surface area contributed by atoms with Crippen molar-refractivity contribution in [3.63, 3.8) is 0 Å². The van der Waals surface area contributed by atoms with Gasteiger partial charge >= 0.3 is 0 Å². The normalized spacial score (nSPS) is 48.9. The van der Waals surface area contributed by atoms with Crippen LogP contribution in [0.15, 0.2) is 11.6 Å². The van der Waals surface area contributed by atoms with Gasteiger partial charge in [-0.3, -0.25) is 0 Å². The SMILES string of the molecule is CC1(C)OCC2=C[C@@H]3O[C@@H]3[C@H](Br)[C@H]2O1. The number of hydrogen-bond acceptors (Lipinski definition) is 3. The molecule has 3 rings (SSSR count). The van der Waals surface area contributed by atoms with Crippen molar-refractivity contribution in [3.05, 3.63) is 11.6 Å². The van der Waals surface area contributed by atoms with Gasteiger partial charge in [0.1, 0.15) is 12.2 Å². The molecule has 0 aromatic heterocycles. The van der Waals surface area contributed by atoms with Gasteiger partial charge in [0.25, 0.3) is 0 Å². The molecule has 0 aromatic carbocycles. The number of hydrogen-bond donors (Lipinski definition) is 0. The second-order valence-corrected chi connectivity index (χ2v) is 5.54. The second kappa shape index (κ2) is 2.82. The number of rotatable bonds is 0. The average Bonchev–Trinajstić information content (AvgIpc) is 2.85. The predicted molar refractivity (Wildman–Crippen MR) is 54.4 cm³/mol. The van der Waals surface area contributed by atoms with Crippen LogP contribution < -0.4 is 0 Å². The Balaban J connectivity index is 1.87. The van der Waals surface area contributed by atoms with E-state index in [1.54, 1.807) is 0 Å². The van der Waals surface area contributed by atoms with Crippen LogP contribution in [0.5, 0.6) is 0 Å².